The van der Waals surface area contributed by atoms with Gasteiger partial charge in [-0.15, -0.1) is 0 Å². The van der Waals surface area contributed by atoms with Crippen LogP contribution in [0.3, 0.4) is 0 Å². The van der Waals surface area contributed by atoms with E-state index in [0.717, 1.165) is 19.3 Å². The van der Waals surface area contributed by atoms with Gasteiger partial charge in [-0.05, 0) is 124 Å². The molecular formula is C40H64. The van der Waals surface area contributed by atoms with Crippen LogP contribution in [0.2, 0.25) is 0 Å². The van der Waals surface area contributed by atoms with Crippen molar-refractivity contribution in [2.45, 2.75) is 127 Å². The van der Waals surface area contributed by atoms with E-state index in [9.17, 15) is 0 Å². The Morgan fingerprint density at radius 3 is 1.60 bits per heavy atom. The molecule has 0 bridgehead atoms. The summed E-state index contributed by atoms with van der Waals surface area (Å²) >= 11 is 0. The standard InChI is InChI=1S/C40H64/c1-33(2)19-13-23-37(7)27-17-31-39(9)29-15-25-35(5)21-11-12-22-36(6)26-16-30-40(10)32-18-28-38(8)24-14-20-34(3)4/h11-12,15,17,19-22,25,27-28,30-31,35-36,39H,13-14,16,18,23-24,26,29,32H2,1-10H3/b21-11+,22-12+,25-15+,31-17+,37-27+,38-28+,40-30+. The third-order valence-electron chi connectivity index (χ3n) is 7.06. The quantitative estimate of drug-likeness (QED) is 0.106. The molecule has 3 atom stereocenters. The minimum atomic E-state index is 0.462. The first kappa shape index (κ1) is 37.7. The van der Waals surface area contributed by atoms with Gasteiger partial charge >= 0.3 is 0 Å². The molecular weight excluding hydrogens is 480 g/mol. The third kappa shape index (κ3) is 25.9. The van der Waals surface area contributed by atoms with Crippen LogP contribution in [0, 0.1) is 17.8 Å². The molecule has 40 heavy (non-hydrogen) atoms. The van der Waals surface area contributed by atoms with E-state index in [0.29, 0.717) is 17.8 Å². The van der Waals surface area contributed by atoms with Crippen LogP contribution in [-0.4, -0.2) is 0 Å². The minimum Gasteiger partial charge on any atom is -0.0874 e. The van der Waals surface area contributed by atoms with Crippen LogP contribution >= 0.6 is 0 Å². The van der Waals surface area contributed by atoms with Crippen molar-refractivity contribution in [3.63, 3.8) is 0 Å². The van der Waals surface area contributed by atoms with E-state index in [1.807, 2.05) is 0 Å². The first-order valence-corrected chi connectivity index (χ1v) is 15.9. The predicted molar refractivity (Wildman–Crippen MR) is 186 cm³/mol. The van der Waals surface area contributed by atoms with Crippen LogP contribution in [0.4, 0.5) is 0 Å². The zero-order valence-corrected chi connectivity index (χ0v) is 28.1. The van der Waals surface area contributed by atoms with Gasteiger partial charge in [-0.1, -0.05) is 128 Å². The Balaban J connectivity index is 4.24. The van der Waals surface area contributed by atoms with Crippen molar-refractivity contribution < 1.29 is 0 Å². The van der Waals surface area contributed by atoms with Crippen molar-refractivity contribution in [1.29, 1.82) is 0 Å². The number of hydrogen-bond donors (Lipinski definition) is 0. The number of rotatable bonds is 20. The summed E-state index contributed by atoms with van der Waals surface area (Å²) in [6, 6.07) is 0. The molecule has 3 unspecified atom stereocenters. The summed E-state index contributed by atoms with van der Waals surface area (Å²) in [6.07, 6.45) is 40.5. The van der Waals surface area contributed by atoms with E-state index in [2.05, 4.69) is 148 Å². The maximum absolute atomic E-state index is 2.44. The zero-order valence-electron chi connectivity index (χ0n) is 28.1. The maximum Gasteiger partial charge on any atom is -0.00788 e. The van der Waals surface area contributed by atoms with Crippen LogP contribution < -0.4 is 0 Å². The third-order valence-corrected chi connectivity index (χ3v) is 7.06. The lowest BCUT2D eigenvalue weighted by Gasteiger charge is -2.05. The molecule has 0 aromatic heterocycles. The molecule has 0 nitrogen and oxygen atoms in total. The van der Waals surface area contributed by atoms with Crippen molar-refractivity contribution >= 4 is 0 Å². The normalized spacial score (nSPS) is 15.9. The van der Waals surface area contributed by atoms with Crippen molar-refractivity contribution in [3.05, 3.63) is 107 Å². The number of allylic oxidation sites excluding steroid dienone is 18. The molecule has 0 radical (unpaired) electrons. The Morgan fingerprint density at radius 1 is 0.500 bits per heavy atom. The average molecular weight is 545 g/mol. The highest BCUT2D eigenvalue weighted by Crippen LogP contribution is 2.15. The summed E-state index contributed by atoms with van der Waals surface area (Å²) < 4.78 is 0. The fraction of sp³-hybridized carbons (Fsp3) is 0.550. The molecule has 0 aromatic carbocycles. The van der Waals surface area contributed by atoms with E-state index in [1.165, 1.54) is 66.4 Å². The van der Waals surface area contributed by atoms with Crippen LogP contribution in [0.15, 0.2) is 107 Å². The summed E-state index contributed by atoms with van der Waals surface area (Å²) in [5.41, 5.74) is 7.32. The Labute approximate surface area is 251 Å². The second-order valence-corrected chi connectivity index (χ2v) is 12.5. The van der Waals surface area contributed by atoms with E-state index in [-0.39, 0.29) is 0 Å². The van der Waals surface area contributed by atoms with Gasteiger partial charge in [-0.25, -0.2) is 0 Å². The van der Waals surface area contributed by atoms with Crippen LogP contribution in [0.25, 0.3) is 0 Å². The molecule has 0 aromatic rings. The molecule has 0 rings (SSSR count). The summed E-state index contributed by atoms with van der Waals surface area (Å²) in [7, 11) is 0. The second kappa shape index (κ2) is 24.5. The highest BCUT2D eigenvalue weighted by atomic mass is 14.0. The largest absolute Gasteiger partial charge is 0.0874 e. The molecule has 0 N–H and O–H groups in total. The molecule has 0 saturated heterocycles. The summed E-state index contributed by atoms with van der Waals surface area (Å²) in [6.45, 7) is 22.3. The molecule has 0 aliphatic carbocycles. The highest BCUT2D eigenvalue weighted by Gasteiger charge is 1.97. The van der Waals surface area contributed by atoms with E-state index in [1.54, 1.807) is 0 Å². The monoisotopic (exact) mass is 545 g/mol. The lowest BCUT2D eigenvalue weighted by atomic mass is 10.0. The first-order valence-electron chi connectivity index (χ1n) is 15.9. The minimum absolute atomic E-state index is 0.462. The Morgan fingerprint density at radius 2 is 1.00 bits per heavy atom. The van der Waals surface area contributed by atoms with Crippen molar-refractivity contribution in [3.8, 4) is 0 Å². The molecule has 0 spiro atoms. The Bertz CT molecular complexity index is 927. The average Bonchev–Trinajstić information content (AvgIpc) is 2.86. The van der Waals surface area contributed by atoms with Crippen molar-refractivity contribution in [1.82, 2.24) is 0 Å². The molecule has 0 saturated carbocycles. The van der Waals surface area contributed by atoms with Gasteiger partial charge in [-0.2, -0.15) is 0 Å². The van der Waals surface area contributed by atoms with Gasteiger partial charge in [0.05, 0.1) is 0 Å². The van der Waals surface area contributed by atoms with Crippen LogP contribution in [0.1, 0.15) is 127 Å². The van der Waals surface area contributed by atoms with Crippen molar-refractivity contribution in [2.75, 3.05) is 0 Å². The lowest BCUT2D eigenvalue weighted by Crippen LogP contribution is -1.89. The number of hydrogen-bond acceptors (Lipinski definition) is 0. The van der Waals surface area contributed by atoms with Crippen LogP contribution in [-0.2, 0) is 0 Å². The Kier molecular flexibility index (Phi) is 23.0. The summed E-state index contributed by atoms with van der Waals surface area (Å²) in [5.74, 6) is 1.63. The molecule has 0 aliphatic heterocycles. The molecule has 0 amide bonds. The van der Waals surface area contributed by atoms with Gasteiger partial charge in [-0.3, -0.25) is 0 Å². The van der Waals surface area contributed by atoms with E-state index < -0.39 is 0 Å². The molecule has 0 heteroatoms. The van der Waals surface area contributed by atoms with Gasteiger partial charge in [0, 0.05) is 0 Å². The maximum atomic E-state index is 2.44. The smallest absolute Gasteiger partial charge is 0.00788 e. The Hall–Kier alpha value is -2.34. The lowest BCUT2D eigenvalue weighted by molar-refractivity contribution is 0.655. The van der Waals surface area contributed by atoms with Gasteiger partial charge in [0.2, 0.25) is 0 Å². The SMILES string of the molecule is CC(C)=CCC/C(C)=C/C=C/C(C)C/C=C/C(C)/C=C/C=C/C(C)CC/C=C(\C)CC/C=C(\C)CCC=C(C)C. The van der Waals surface area contributed by atoms with E-state index in [4.69, 9.17) is 0 Å². The van der Waals surface area contributed by atoms with Crippen molar-refractivity contribution in [2.24, 2.45) is 17.8 Å². The predicted octanol–water partition coefficient (Wildman–Crippen LogP) is 13.4. The first-order chi connectivity index (χ1) is 19.0. The van der Waals surface area contributed by atoms with Crippen LogP contribution in [0.5, 0.6) is 0 Å². The molecule has 0 fully saturated rings. The summed E-state index contributed by atoms with van der Waals surface area (Å²) in [4.78, 5) is 0. The fourth-order valence-corrected chi connectivity index (χ4v) is 4.25. The molecule has 0 heterocycles. The second-order valence-electron chi connectivity index (χ2n) is 12.5. The highest BCUT2D eigenvalue weighted by molar-refractivity contribution is 5.13. The van der Waals surface area contributed by atoms with E-state index >= 15 is 0 Å². The molecule has 0 aliphatic rings. The zero-order chi connectivity index (χ0) is 30.2. The summed E-state index contributed by atoms with van der Waals surface area (Å²) in [5, 5.41) is 0. The van der Waals surface area contributed by atoms with Gasteiger partial charge < -0.3 is 0 Å². The fourth-order valence-electron chi connectivity index (χ4n) is 4.25. The van der Waals surface area contributed by atoms with Gasteiger partial charge in [0.1, 0.15) is 0 Å². The topological polar surface area (TPSA) is 0 Å². The van der Waals surface area contributed by atoms with Gasteiger partial charge in [0.15, 0.2) is 0 Å². The van der Waals surface area contributed by atoms with Gasteiger partial charge in [0.25, 0.3) is 0 Å². The molecule has 224 valence electrons.